The van der Waals surface area contributed by atoms with Gasteiger partial charge in [0, 0.05) is 17.8 Å². The first-order chi connectivity index (χ1) is 8.44. The molecule has 0 radical (unpaired) electrons. The van der Waals surface area contributed by atoms with E-state index in [9.17, 15) is 9.59 Å². The molecule has 1 aliphatic heterocycles. The first-order valence-electron chi connectivity index (χ1n) is 6.87. The van der Waals surface area contributed by atoms with Crippen LogP contribution in [0.2, 0.25) is 0 Å². The summed E-state index contributed by atoms with van der Waals surface area (Å²) in [5, 5.41) is 0. The third-order valence-electron chi connectivity index (χ3n) is 5.44. The molecule has 3 rings (SSSR count). The minimum absolute atomic E-state index is 0.00671. The zero-order chi connectivity index (χ0) is 13.1. The lowest BCUT2D eigenvalue weighted by Crippen LogP contribution is -2.50. The van der Waals surface area contributed by atoms with Gasteiger partial charge in [-0.1, -0.05) is 26.8 Å². The fourth-order valence-electron chi connectivity index (χ4n) is 4.21. The van der Waals surface area contributed by atoms with Crippen molar-refractivity contribution in [2.45, 2.75) is 39.7 Å². The summed E-state index contributed by atoms with van der Waals surface area (Å²) in [6.45, 7) is 6.14. The highest BCUT2D eigenvalue weighted by Gasteiger charge is 2.57. The molecule has 18 heavy (non-hydrogen) atoms. The number of carbonyl (C=O) groups is 2. The maximum absolute atomic E-state index is 11.9. The number of esters is 1. The topological polar surface area (TPSA) is 43.4 Å². The Bertz CT molecular complexity index is 439. The molecule has 1 heterocycles. The van der Waals surface area contributed by atoms with Crippen LogP contribution in [0.1, 0.15) is 33.6 Å². The number of ketones is 1. The molecule has 0 aromatic heterocycles. The molecule has 0 bridgehead atoms. The molecule has 0 unspecified atom stereocenters. The van der Waals surface area contributed by atoms with E-state index >= 15 is 0 Å². The van der Waals surface area contributed by atoms with E-state index in [-0.39, 0.29) is 41.0 Å². The summed E-state index contributed by atoms with van der Waals surface area (Å²) < 4.78 is 5.61. The van der Waals surface area contributed by atoms with Crippen LogP contribution < -0.4 is 0 Å². The highest BCUT2D eigenvalue weighted by molar-refractivity contribution is 5.93. The van der Waals surface area contributed by atoms with Crippen molar-refractivity contribution in [3.05, 3.63) is 12.2 Å². The average Bonchev–Trinajstić information content (AvgIpc) is 2.60. The first-order valence-corrected chi connectivity index (χ1v) is 6.87. The van der Waals surface area contributed by atoms with Gasteiger partial charge < -0.3 is 4.74 Å². The molecule has 3 aliphatic rings. The molecule has 1 saturated heterocycles. The second-order valence-corrected chi connectivity index (χ2v) is 6.45. The Morgan fingerprint density at radius 2 is 2.00 bits per heavy atom. The van der Waals surface area contributed by atoms with Gasteiger partial charge in [-0.05, 0) is 24.3 Å². The van der Waals surface area contributed by atoms with Gasteiger partial charge in [-0.3, -0.25) is 9.59 Å². The van der Waals surface area contributed by atoms with Crippen LogP contribution in [0.3, 0.4) is 0 Å². The lowest BCUT2D eigenvalue weighted by molar-refractivity contribution is -0.151. The van der Waals surface area contributed by atoms with E-state index in [1.807, 2.05) is 19.9 Å². The molecule has 1 saturated carbocycles. The number of rotatable bonds is 0. The number of allylic oxidation sites excluding steroid dienone is 2. The normalized spacial score (nSPS) is 50.7. The number of carbonyl (C=O) groups excluding carboxylic acids is 2. The molecule has 6 atom stereocenters. The minimum atomic E-state index is -0.0801. The predicted molar refractivity (Wildman–Crippen MR) is 66.7 cm³/mol. The number of hydrogen-bond acceptors (Lipinski definition) is 3. The molecule has 0 N–H and O–H groups in total. The van der Waals surface area contributed by atoms with Crippen LogP contribution in [0.4, 0.5) is 0 Å². The zero-order valence-corrected chi connectivity index (χ0v) is 11.2. The Morgan fingerprint density at radius 3 is 2.72 bits per heavy atom. The molecule has 98 valence electrons. The van der Waals surface area contributed by atoms with E-state index in [1.165, 1.54) is 0 Å². The Kier molecular flexibility index (Phi) is 2.45. The van der Waals surface area contributed by atoms with E-state index in [1.54, 1.807) is 6.08 Å². The van der Waals surface area contributed by atoms with Crippen LogP contribution in [-0.2, 0) is 14.3 Å². The molecule has 0 spiro atoms. The largest absolute Gasteiger partial charge is 0.461 e. The molecule has 3 heteroatoms. The maximum Gasteiger partial charge on any atom is 0.309 e. The Balaban J connectivity index is 2.00. The van der Waals surface area contributed by atoms with E-state index in [2.05, 4.69) is 6.92 Å². The van der Waals surface area contributed by atoms with Crippen LogP contribution >= 0.6 is 0 Å². The van der Waals surface area contributed by atoms with Crippen LogP contribution in [0.5, 0.6) is 0 Å². The maximum atomic E-state index is 11.9. The standard InChI is InChI=1S/C15H20O3/c1-8-10-4-6-15(3)7-5-11(16)9(2)12(15)13(10)18-14(8)17/h5,7-10,12-13H,4,6H2,1-3H3/t8-,9-,10+,12-,13+,15+/m1/s1. The molecule has 0 amide bonds. The summed E-state index contributed by atoms with van der Waals surface area (Å²) in [5.74, 6) is 0.510. The molecule has 0 aromatic rings. The van der Waals surface area contributed by atoms with Crippen molar-refractivity contribution in [1.82, 2.24) is 0 Å². The molecule has 2 aliphatic carbocycles. The minimum Gasteiger partial charge on any atom is -0.461 e. The predicted octanol–water partition coefficient (Wildman–Crippen LogP) is 2.36. The summed E-state index contributed by atoms with van der Waals surface area (Å²) in [6, 6.07) is 0. The lowest BCUT2D eigenvalue weighted by atomic mass is 9.55. The highest BCUT2D eigenvalue weighted by atomic mass is 16.6. The fourth-order valence-corrected chi connectivity index (χ4v) is 4.21. The van der Waals surface area contributed by atoms with Crippen molar-refractivity contribution >= 4 is 11.8 Å². The van der Waals surface area contributed by atoms with Gasteiger partial charge in [0.1, 0.15) is 6.10 Å². The average molecular weight is 248 g/mol. The zero-order valence-electron chi connectivity index (χ0n) is 11.2. The Labute approximate surface area is 108 Å². The van der Waals surface area contributed by atoms with E-state index in [4.69, 9.17) is 4.74 Å². The van der Waals surface area contributed by atoms with Crippen molar-refractivity contribution in [3.63, 3.8) is 0 Å². The smallest absolute Gasteiger partial charge is 0.309 e. The van der Waals surface area contributed by atoms with Crippen LogP contribution in [0, 0.1) is 29.1 Å². The number of fused-ring (bicyclic) bond motifs is 3. The SMILES string of the molecule is C[C@@H]1C(=O)C=C[C@]2(C)CC[C@@H]3[C@H](OC(=O)[C@@H]3C)[C@@H]12. The molecular formula is C15H20O3. The van der Waals surface area contributed by atoms with Crippen molar-refractivity contribution in [1.29, 1.82) is 0 Å². The summed E-state index contributed by atoms with van der Waals surface area (Å²) >= 11 is 0. The van der Waals surface area contributed by atoms with Crippen molar-refractivity contribution < 1.29 is 14.3 Å². The van der Waals surface area contributed by atoms with Gasteiger partial charge in [0.05, 0.1) is 5.92 Å². The summed E-state index contributed by atoms with van der Waals surface area (Å²) in [7, 11) is 0. The third-order valence-corrected chi connectivity index (χ3v) is 5.44. The van der Waals surface area contributed by atoms with Crippen LogP contribution in [0.25, 0.3) is 0 Å². The summed E-state index contributed by atoms with van der Waals surface area (Å²) in [5.41, 5.74) is 0.0127. The first kappa shape index (κ1) is 11.9. The molecule has 2 fully saturated rings. The fraction of sp³-hybridized carbons (Fsp3) is 0.733. The van der Waals surface area contributed by atoms with Crippen molar-refractivity contribution in [2.75, 3.05) is 0 Å². The van der Waals surface area contributed by atoms with Crippen LogP contribution in [-0.4, -0.2) is 17.9 Å². The summed E-state index contributed by atoms with van der Waals surface area (Å²) in [4.78, 5) is 23.7. The molecule has 3 nitrogen and oxygen atoms in total. The van der Waals surface area contributed by atoms with Gasteiger partial charge in [-0.2, -0.15) is 0 Å². The second-order valence-electron chi connectivity index (χ2n) is 6.45. The van der Waals surface area contributed by atoms with Crippen LogP contribution in [0.15, 0.2) is 12.2 Å². The van der Waals surface area contributed by atoms with Gasteiger partial charge in [0.15, 0.2) is 5.78 Å². The van der Waals surface area contributed by atoms with Crippen molar-refractivity contribution in [3.8, 4) is 0 Å². The van der Waals surface area contributed by atoms with Gasteiger partial charge in [-0.15, -0.1) is 0 Å². The molecule has 0 aromatic carbocycles. The monoisotopic (exact) mass is 248 g/mol. The number of ether oxygens (including phenoxy) is 1. The molecular weight excluding hydrogens is 228 g/mol. The van der Waals surface area contributed by atoms with Gasteiger partial charge in [0.25, 0.3) is 0 Å². The van der Waals surface area contributed by atoms with Gasteiger partial charge in [0.2, 0.25) is 0 Å². The van der Waals surface area contributed by atoms with Crippen molar-refractivity contribution in [2.24, 2.45) is 29.1 Å². The highest BCUT2D eigenvalue weighted by Crippen LogP contribution is 2.54. The Morgan fingerprint density at radius 1 is 1.28 bits per heavy atom. The van der Waals surface area contributed by atoms with E-state index in [0.29, 0.717) is 5.92 Å². The second kappa shape index (κ2) is 3.69. The van der Waals surface area contributed by atoms with E-state index < -0.39 is 0 Å². The van der Waals surface area contributed by atoms with E-state index in [0.717, 1.165) is 12.8 Å². The lowest BCUT2D eigenvalue weighted by Gasteiger charge is -2.49. The van der Waals surface area contributed by atoms with Gasteiger partial charge in [-0.25, -0.2) is 0 Å². The Hall–Kier alpha value is -1.12. The summed E-state index contributed by atoms with van der Waals surface area (Å²) in [6.07, 6.45) is 5.79. The quantitative estimate of drug-likeness (QED) is 0.618. The number of hydrogen-bond donors (Lipinski definition) is 0. The third kappa shape index (κ3) is 1.42. The van der Waals surface area contributed by atoms with Gasteiger partial charge >= 0.3 is 5.97 Å².